The van der Waals surface area contributed by atoms with E-state index in [9.17, 15) is 13.2 Å². The molecular weight excluding hydrogens is 669 g/mol. The Morgan fingerprint density at radius 1 is 1.04 bits per heavy atom. The van der Waals surface area contributed by atoms with Crippen LogP contribution in [0.2, 0.25) is 5.02 Å². The van der Waals surface area contributed by atoms with Gasteiger partial charge in [0.2, 0.25) is 5.95 Å². The molecule has 18 heteroatoms. The van der Waals surface area contributed by atoms with Crippen molar-refractivity contribution in [1.82, 2.24) is 44.9 Å². The number of hydrogen-bond acceptors (Lipinski definition) is 12. The normalized spacial score (nSPS) is 19.4. The van der Waals surface area contributed by atoms with E-state index in [4.69, 9.17) is 30.5 Å². The van der Waals surface area contributed by atoms with E-state index >= 15 is 0 Å². The Labute approximate surface area is 285 Å². The highest BCUT2D eigenvalue weighted by molar-refractivity contribution is 6.32. The van der Waals surface area contributed by atoms with E-state index in [2.05, 4.69) is 40.8 Å². The van der Waals surface area contributed by atoms with Crippen molar-refractivity contribution in [1.29, 1.82) is 0 Å². The van der Waals surface area contributed by atoms with Crippen molar-refractivity contribution in [3.05, 3.63) is 48.1 Å². The summed E-state index contributed by atoms with van der Waals surface area (Å²) < 4.78 is 63.1. The molecule has 4 heterocycles. The van der Waals surface area contributed by atoms with E-state index in [1.807, 2.05) is 29.9 Å². The fraction of sp³-hybridized carbons (Fsp3) is 0.548. The van der Waals surface area contributed by atoms with E-state index < -0.39 is 12.8 Å². The minimum absolute atomic E-state index is 0.110. The smallest absolute Gasteiger partial charge is 0.411 e. The van der Waals surface area contributed by atoms with E-state index in [0.29, 0.717) is 29.0 Å². The molecule has 1 unspecified atom stereocenters. The molecule has 1 saturated heterocycles. The van der Waals surface area contributed by atoms with Gasteiger partial charge in [0, 0.05) is 37.1 Å². The standard InChI is InChI=1S/C31H38ClF3N10O4/c1-21(17-44-20-38-41-42-44)49-28-14-22(2-7-26(28)32)23-15-36-30(37-16-23)39-27-18-45(40-29(27)48-13-12-47-19-31(33,34)35)25-5-3-24(4-6-25)43-8-10-46-11-9-43/h2,7,14-16,18,20-21,24-25H,3-6,8-13,17,19H2,1H3,(H,36,37,39). The van der Waals surface area contributed by atoms with E-state index in [0.717, 1.165) is 63.1 Å². The summed E-state index contributed by atoms with van der Waals surface area (Å²) in [6.45, 7) is 4.07. The fourth-order valence-corrected chi connectivity index (χ4v) is 6.15. The van der Waals surface area contributed by atoms with Crippen LogP contribution in [-0.2, 0) is 16.0 Å². The predicted octanol–water partition coefficient (Wildman–Crippen LogP) is 4.96. The molecule has 264 valence electrons. The van der Waals surface area contributed by atoms with Crippen LogP contribution >= 0.6 is 11.6 Å². The second-order valence-electron chi connectivity index (χ2n) is 12.0. The highest BCUT2D eigenvalue weighted by Crippen LogP contribution is 2.35. The summed E-state index contributed by atoms with van der Waals surface area (Å²) in [5, 5.41) is 19.4. The highest BCUT2D eigenvalue weighted by Gasteiger charge is 2.29. The van der Waals surface area contributed by atoms with Gasteiger partial charge in [0.05, 0.1) is 43.6 Å². The number of nitrogens with zero attached hydrogens (tertiary/aromatic N) is 9. The Morgan fingerprint density at radius 2 is 1.80 bits per heavy atom. The van der Waals surface area contributed by atoms with Crippen molar-refractivity contribution in [2.45, 2.75) is 63.5 Å². The number of morpholine rings is 1. The third kappa shape index (κ3) is 9.77. The molecule has 14 nitrogen and oxygen atoms in total. The Balaban J connectivity index is 1.12. The van der Waals surface area contributed by atoms with Crippen LogP contribution in [0.1, 0.15) is 38.6 Å². The Kier molecular flexibility index (Phi) is 11.4. The van der Waals surface area contributed by atoms with Gasteiger partial charge < -0.3 is 24.3 Å². The minimum Gasteiger partial charge on any atom is -0.487 e. The first-order valence-electron chi connectivity index (χ1n) is 16.1. The van der Waals surface area contributed by atoms with Crippen molar-refractivity contribution in [2.75, 3.05) is 51.4 Å². The zero-order valence-corrected chi connectivity index (χ0v) is 27.7. The van der Waals surface area contributed by atoms with Gasteiger partial charge in [-0.15, -0.1) is 10.2 Å². The minimum atomic E-state index is -4.41. The van der Waals surface area contributed by atoms with Gasteiger partial charge in [-0.3, -0.25) is 9.58 Å². The van der Waals surface area contributed by atoms with Gasteiger partial charge in [0.25, 0.3) is 5.88 Å². The number of ether oxygens (including phenoxy) is 4. The molecule has 1 atom stereocenters. The number of aromatic nitrogens is 8. The first-order valence-corrected chi connectivity index (χ1v) is 16.5. The Bertz CT molecular complexity index is 1610. The van der Waals surface area contributed by atoms with Crippen LogP contribution in [-0.4, -0.2) is 109 Å². The summed E-state index contributed by atoms with van der Waals surface area (Å²) in [6.07, 6.45) is 5.95. The summed E-state index contributed by atoms with van der Waals surface area (Å²) in [7, 11) is 0. The number of halogens is 4. The third-order valence-corrected chi connectivity index (χ3v) is 8.67. The van der Waals surface area contributed by atoms with Gasteiger partial charge in [0.1, 0.15) is 37.1 Å². The molecule has 4 aromatic rings. The predicted molar refractivity (Wildman–Crippen MR) is 172 cm³/mol. The molecule has 2 aliphatic rings. The number of nitrogens with one attached hydrogen (secondary N) is 1. The largest absolute Gasteiger partial charge is 0.487 e. The maximum atomic E-state index is 12.5. The van der Waals surface area contributed by atoms with Crippen molar-refractivity contribution in [3.8, 4) is 22.8 Å². The average Bonchev–Trinajstić information content (AvgIpc) is 3.76. The summed E-state index contributed by atoms with van der Waals surface area (Å²) in [4.78, 5) is 11.5. The van der Waals surface area contributed by atoms with Crippen molar-refractivity contribution in [2.24, 2.45) is 0 Å². The molecule has 49 heavy (non-hydrogen) atoms. The zero-order valence-electron chi connectivity index (χ0n) is 26.9. The summed E-state index contributed by atoms with van der Waals surface area (Å²) >= 11 is 6.42. The molecular formula is C31H38ClF3N10O4. The molecule has 3 aromatic heterocycles. The second kappa shape index (κ2) is 16.1. The summed E-state index contributed by atoms with van der Waals surface area (Å²) in [5.41, 5.74) is 2.02. The van der Waals surface area contributed by atoms with Crippen LogP contribution in [0.4, 0.5) is 24.8 Å². The molecule has 1 aliphatic carbocycles. The number of anilines is 2. The lowest BCUT2D eigenvalue weighted by Crippen LogP contribution is -2.45. The number of tetrazole rings is 1. The quantitative estimate of drug-likeness (QED) is 0.177. The lowest BCUT2D eigenvalue weighted by atomic mass is 9.90. The van der Waals surface area contributed by atoms with Crippen LogP contribution in [0.5, 0.6) is 11.6 Å². The van der Waals surface area contributed by atoms with Crippen LogP contribution in [0, 0.1) is 0 Å². The van der Waals surface area contributed by atoms with Crippen LogP contribution in [0.15, 0.2) is 43.1 Å². The van der Waals surface area contributed by atoms with Crippen molar-refractivity contribution < 1.29 is 32.1 Å². The lowest BCUT2D eigenvalue weighted by Gasteiger charge is -2.38. The number of hydrogen-bond donors (Lipinski definition) is 1. The van der Waals surface area contributed by atoms with E-state index in [-0.39, 0.29) is 37.2 Å². The van der Waals surface area contributed by atoms with Crippen molar-refractivity contribution in [3.63, 3.8) is 0 Å². The summed E-state index contributed by atoms with van der Waals surface area (Å²) in [6, 6.07) is 6.07. The summed E-state index contributed by atoms with van der Waals surface area (Å²) in [5.74, 6) is 1.02. The maximum Gasteiger partial charge on any atom is 0.411 e. The van der Waals surface area contributed by atoms with Gasteiger partial charge in [-0.05, 0) is 60.7 Å². The van der Waals surface area contributed by atoms with Gasteiger partial charge in [-0.1, -0.05) is 17.7 Å². The van der Waals surface area contributed by atoms with Gasteiger partial charge >= 0.3 is 6.18 Å². The SMILES string of the molecule is CC(Cn1cnnn1)Oc1cc(-c2cnc(Nc3cn(C4CCC(N5CCOCC5)CC4)nc3OCCOCC(F)(F)F)nc2)ccc1Cl. The Hall–Kier alpha value is -4.06. The van der Waals surface area contributed by atoms with Gasteiger partial charge in [-0.2, -0.15) is 13.2 Å². The maximum absolute atomic E-state index is 12.5. The monoisotopic (exact) mass is 706 g/mol. The van der Waals surface area contributed by atoms with Gasteiger partial charge in [-0.25, -0.2) is 14.6 Å². The number of alkyl halides is 3. The third-order valence-electron chi connectivity index (χ3n) is 8.36. The number of rotatable bonds is 14. The second-order valence-corrected chi connectivity index (χ2v) is 12.4. The molecule has 0 bridgehead atoms. The molecule has 2 fully saturated rings. The molecule has 0 radical (unpaired) electrons. The average molecular weight is 707 g/mol. The van der Waals surface area contributed by atoms with E-state index in [1.54, 1.807) is 23.1 Å². The molecule has 1 N–H and O–H groups in total. The van der Waals surface area contributed by atoms with E-state index in [1.165, 1.54) is 6.33 Å². The fourth-order valence-electron chi connectivity index (χ4n) is 5.99. The molecule has 1 aliphatic heterocycles. The molecule has 0 spiro atoms. The van der Waals surface area contributed by atoms with Crippen LogP contribution in [0.3, 0.4) is 0 Å². The van der Waals surface area contributed by atoms with Gasteiger partial charge in [0.15, 0.2) is 0 Å². The Morgan fingerprint density at radius 3 is 2.51 bits per heavy atom. The van der Waals surface area contributed by atoms with Crippen LogP contribution in [0.25, 0.3) is 11.1 Å². The molecule has 0 amide bonds. The molecule has 1 saturated carbocycles. The first kappa shape index (κ1) is 34.8. The topological polar surface area (TPSA) is 139 Å². The number of benzene rings is 1. The molecule has 1 aromatic carbocycles. The lowest BCUT2D eigenvalue weighted by molar-refractivity contribution is -0.175. The van der Waals surface area contributed by atoms with Crippen LogP contribution < -0.4 is 14.8 Å². The zero-order chi connectivity index (χ0) is 34.2. The molecule has 6 rings (SSSR count). The first-order chi connectivity index (χ1) is 23.7. The highest BCUT2D eigenvalue weighted by atomic mass is 35.5. The van der Waals surface area contributed by atoms with Crippen molar-refractivity contribution >= 4 is 23.2 Å².